The topological polar surface area (TPSA) is 88.5 Å². The van der Waals surface area contributed by atoms with Gasteiger partial charge in [-0.15, -0.1) is 0 Å². The van der Waals surface area contributed by atoms with Crippen LogP contribution in [0.25, 0.3) is 5.76 Å². The number of nitrogens with zero attached hydrogens (tertiary/aromatic N) is 2. The van der Waals surface area contributed by atoms with Crippen LogP contribution in [0.15, 0.2) is 66.2 Å². The summed E-state index contributed by atoms with van der Waals surface area (Å²) < 4.78 is 16.2. The van der Waals surface area contributed by atoms with E-state index in [4.69, 9.17) is 14.2 Å². The number of anilines is 2. The molecule has 5 rings (SSSR count). The number of ketones is 1. The maximum Gasteiger partial charge on any atom is 0.300 e. The summed E-state index contributed by atoms with van der Waals surface area (Å²) in [5.41, 5.74) is 3.34. The predicted octanol–water partition coefficient (Wildman–Crippen LogP) is 4.42. The zero-order chi connectivity index (χ0) is 25.6. The van der Waals surface area contributed by atoms with Crippen molar-refractivity contribution in [1.82, 2.24) is 0 Å². The molecule has 184 valence electrons. The minimum atomic E-state index is -0.844. The molecular formula is C28H26N2O6. The monoisotopic (exact) mass is 486 g/mol. The molecule has 3 aromatic carbocycles. The van der Waals surface area contributed by atoms with Gasteiger partial charge in [-0.05, 0) is 60.5 Å². The highest BCUT2D eigenvalue weighted by Crippen LogP contribution is 2.45. The van der Waals surface area contributed by atoms with Gasteiger partial charge in [-0.25, -0.2) is 0 Å². The van der Waals surface area contributed by atoms with Crippen molar-refractivity contribution in [3.63, 3.8) is 0 Å². The number of amides is 1. The number of carbonyl (C=O) groups is 2. The number of fused-ring (bicyclic) bond motifs is 1. The van der Waals surface area contributed by atoms with Crippen LogP contribution >= 0.6 is 0 Å². The number of hydrogen-bond acceptors (Lipinski definition) is 7. The average Bonchev–Trinajstić information content (AvgIpc) is 3.45. The molecule has 36 heavy (non-hydrogen) atoms. The van der Waals surface area contributed by atoms with E-state index in [9.17, 15) is 14.7 Å². The van der Waals surface area contributed by atoms with Crippen LogP contribution in [-0.4, -0.2) is 44.8 Å². The molecule has 1 saturated heterocycles. The minimum absolute atomic E-state index is 0.0137. The summed E-state index contributed by atoms with van der Waals surface area (Å²) in [6, 6.07) is 16.9. The van der Waals surface area contributed by atoms with Crippen LogP contribution in [0.3, 0.4) is 0 Å². The summed E-state index contributed by atoms with van der Waals surface area (Å²) in [5, 5.41) is 11.4. The molecule has 0 bridgehead atoms. The van der Waals surface area contributed by atoms with Gasteiger partial charge in [-0.2, -0.15) is 0 Å². The summed E-state index contributed by atoms with van der Waals surface area (Å²) >= 11 is 0. The van der Waals surface area contributed by atoms with E-state index in [2.05, 4.69) is 0 Å². The Kier molecular flexibility index (Phi) is 5.80. The molecule has 1 fully saturated rings. The molecule has 8 nitrogen and oxygen atoms in total. The van der Waals surface area contributed by atoms with Gasteiger partial charge >= 0.3 is 0 Å². The molecular weight excluding hydrogens is 460 g/mol. The van der Waals surface area contributed by atoms with Crippen LogP contribution in [-0.2, 0) is 9.59 Å². The number of rotatable bonds is 5. The Morgan fingerprint density at radius 2 is 1.72 bits per heavy atom. The van der Waals surface area contributed by atoms with Gasteiger partial charge in [0.15, 0.2) is 11.5 Å². The molecule has 1 unspecified atom stereocenters. The van der Waals surface area contributed by atoms with E-state index in [-0.39, 0.29) is 18.1 Å². The fourth-order valence-electron chi connectivity index (χ4n) is 4.59. The third-order valence-corrected chi connectivity index (χ3v) is 6.47. The van der Waals surface area contributed by atoms with Crippen molar-refractivity contribution in [2.45, 2.75) is 13.0 Å². The van der Waals surface area contributed by atoms with E-state index < -0.39 is 17.7 Å². The van der Waals surface area contributed by atoms with Crippen molar-refractivity contribution >= 4 is 28.8 Å². The standard InChI is InChI=1S/C28H26N2O6/c1-16-13-18(7-11-21(16)34-4)26(31)24-25(17-5-8-19(9-6-17)29(2)3)30(28(33)27(24)32)20-10-12-22-23(14-20)36-15-35-22/h5-14,25,31H,15H2,1-4H3/b26-24+. The van der Waals surface area contributed by atoms with Crippen LogP contribution in [0.5, 0.6) is 17.2 Å². The number of methoxy groups -OCH3 is 1. The van der Waals surface area contributed by atoms with Gasteiger partial charge in [-0.1, -0.05) is 12.1 Å². The number of aryl methyl sites for hydroxylation is 1. The van der Waals surface area contributed by atoms with Gasteiger partial charge in [0, 0.05) is 37.1 Å². The van der Waals surface area contributed by atoms with Crippen LogP contribution in [0.4, 0.5) is 11.4 Å². The van der Waals surface area contributed by atoms with Crippen molar-refractivity contribution in [1.29, 1.82) is 0 Å². The minimum Gasteiger partial charge on any atom is -0.507 e. The summed E-state index contributed by atoms with van der Waals surface area (Å²) in [6.45, 7) is 1.93. The lowest BCUT2D eigenvalue weighted by Gasteiger charge is -2.26. The number of aliphatic hydroxyl groups excluding tert-OH is 1. The van der Waals surface area contributed by atoms with Crippen LogP contribution in [0.2, 0.25) is 0 Å². The lowest BCUT2D eigenvalue weighted by molar-refractivity contribution is -0.132. The zero-order valence-electron chi connectivity index (χ0n) is 20.4. The first-order valence-corrected chi connectivity index (χ1v) is 11.4. The second-order valence-electron chi connectivity index (χ2n) is 8.88. The Labute approximate surface area is 208 Å². The van der Waals surface area contributed by atoms with Crippen LogP contribution in [0.1, 0.15) is 22.7 Å². The van der Waals surface area contributed by atoms with Crippen LogP contribution < -0.4 is 24.0 Å². The molecule has 1 N–H and O–H groups in total. The number of aliphatic hydroxyl groups is 1. The number of benzene rings is 3. The quantitative estimate of drug-likeness (QED) is 0.324. The molecule has 0 radical (unpaired) electrons. The van der Waals surface area contributed by atoms with Gasteiger partial charge in [0.05, 0.1) is 18.7 Å². The second-order valence-corrected chi connectivity index (χ2v) is 8.88. The van der Waals surface area contributed by atoms with Gasteiger partial charge in [0.1, 0.15) is 11.5 Å². The maximum absolute atomic E-state index is 13.4. The summed E-state index contributed by atoms with van der Waals surface area (Å²) in [5.74, 6) is -0.0345. The third-order valence-electron chi connectivity index (χ3n) is 6.47. The highest BCUT2D eigenvalue weighted by atomic mass is 16.7. The first kappa shape index (κ1) is 23.3. The zero-order valence-corrected chi connectivity index (χ0v) is 20.4. The molecule has 2 aliphatic rings. The molecule has 0 aromatic heterocycles. The molecule has 3 aromatic rings. The van der Waals surface area contributed by atoms with Crippen molar-refractivity contribution in [3.8, 4) is 17.2 Å². The molecule has 2 heterocycles. The predicted molar refractivity (Wildman–Crippen MR) is 136 cm³/mol. The Balaban J connectivity index is 1.69. The van der Waals surface area contributed by atoms with E-state index in [0.717, 1.165) is 11.3 Å². The number of Topliss-reactive ketones (excluding diaryl/α,β-unsaturated/α-hetero) is 1. The lowest BCUT2D eigenvalue weighted by atomic mass is 9.94. The lowest BCUT2D eigenvalue weighted by Crippen LogP contribution is -2.29. The normalized spacial score (nSPS) is 18.0. The third kappa shape index (κ3) is 3.80. The Morgan fingerprint density at radius 3 is 2.39 bits per heavy atom. The number of ether oxygens (including phenoxy) is 3. The molecule has 0 saturated carbocycles. The van der Waals surface area contributed by atoms with Gasteiger partial charge in [-0.3, -0.25) is 14.5 Å². The Bertz CT molecular complexity index is 1390. The highest BCUT2D eigenvalue weighted by molar-refractivity contribution is 6.51. The van der Waals surface area contributed by atoms with Crippen molar-refractivity contribution in [2.24, 2.45) is 0 Å². The Hall–Kier alpha value is -4.46. The fourth-order valence-corrected chi connectivity index (χ4v) is 4.59. The van der Waals surface area contributed by atoms with Crippen LogP contribution in [0, 0.1) is 6.92 Å². The van der Waals surface area contributed by atoms with E-state index in [1.165, 1.54) is 4.90 Å². The van der Waals surface area contributed by atoms with Gasteiger partial charge in [0.25, 0.3) is 11.7 Å². The molecule has 1 atom stereocenters. The average molecular weight is 487 g/mol. The molecule has 8 heteroatoms. The van der Waals surface area contributed by atoms with Gasteiger partial charge < -0.3 is 24.2 Å². The molecule has 0 aliphatic carbocycles. The summed E-state index contributed by atoms with van der Waals surface area (Å²) in [7, 11) is 5.43. The molecule has 1 amide bonds. The highest BCUT2D eigenvalue weighted by Gasteiger charge is 2.47. The SMILES string of the molecule is COc1ccc(/C(O)=C2\C(=O)C(=O)N(c3ccc4c(c3)OCO4)C2c2ccc(N(C)C)cc2)cc1C. The first-order valence-electron chi connectivity index (χ1n) is 11.4. The van der Waals surface area contributed by atoms with E-state index in [1.807, 2.05) is 50.2 Å². The maximum atomic E-state index is 13.4. The fraction of sp³-hybridized carbons (Fsp3) is 0.214. The van der Waals surface area contributed by atoms with E-state index >= 15 is 0 Å². The second kappa shape index (κ2) is 8.96. The largest absolute Gasteiger partial charge is 0.507 e. The van der Waals surface area contributed by atoms with E-state index in [1.54, 1.807) is 43.5 Å². The smallest absolute Gasteiger partial charge is 0.300 e. The first-order chi connectivity index (χ1) is 17.3. The summed E-state index contributed by atoms with van der Waals surface area (Å²) in [4.78, 5) is 30.2. The van der Waals surface area contributed by atoms with Crippen molar-refractivity contribution in [3.05, 3.63) is 82.9 Å². The number of carbonyl (C=O) groups excluding carboxylic acids is 2. The molecule has 0 spiro atoms. The number of hydrogen-bond donors (Lipinski definition) is 1. The van der Waals surface area contributed by atoms with E-state index in [0.29, 0.717) is 34.1 Å². The van der Waals surface area contributed by atoms with Gasteiger partial charge in [0.2, 0.25) is 6.79 Å². The van der Waals surface area contributed by atoms with Crippen molar-refractivity contribution in [2.75, 3.05) is 37.8 Å². The Morgan fingerprint density at radius 1 is 1.00 bits per heavy atom. The molecule has 2 aliphatic heterocycles. The summed E-state index contributed by atoms with van der Waals surface area (Å²) in [6.07, 6.45) is 0. The van der Waals surface area contributed by atoms with Crippen molar-refractivity contribution < 1.29 is 28.9 Å².